The van der Waals surface area contributed by atoms with Gasteiger partial charge in [-0.15, -0.1) is 0 Å². The van der Waals surface area contributed by atoms with Gasteiger partial charge in [0.05, 0.1) is 6.61 Å². The van der Waals surface area contributed by atoms with E-state index in [0.29, 0.717) is 18.4 Å². The molecule has 128 valence electrons. The van der Waals surface area contributed by atoms with Crippen LogP contribution in [-0.2, 0) is 17.8 Å². The third kappa shape index (κ3) is 4.71. The molecule has 0 saturated heterocycles. The molecule has 0 heterocycles. The lowest BCUT2D eigenvalue weighted by Gasteiger charge is -2.17. The summed E-state index contributed by atoms with van der Waals surface area (Å²) >= 11 is 5.19. The second-order valence-electron chi connectivity index (χ2n) is 5.69. The smallest absolute Gasteiger partial charge is 0.261 e. The Bertz CT molecular complexity index is 713. The summed E-state index contributed by atoms with van der Waals surface area (Å²) in [5, 5.41) is 3.53. The largest absolute Gasteiger partial charge is 0.489 e. The number of anilines is 1. The van der Waals surface area contributed by atoms with Crippen molar-refractivity contribution in [3.8, 4) is 5.75 Å². The van der Waals surface area contributed by atoms with Gasteiger partial charge in [0.25, 0.3) is 5.17 Å². The van der Waals surface area contributed by atoms with Crippen molar-refractivity contribution in [2.24, 2.45) is 0 Å². The standard InChI is InChI=1S/C20H25NO2S/c1-5-16-10-11-19(15(4)12-16)23-13-17-14(3)8-7-9-18(17)21-20(24)22-6-2/h7-12H,5-6,13H2,1-4H3,(H,21,24). The summed E-state index contributed by atoms with van der Waals surface area (Å²) in [6.07, 6.45) is 1.03. The van der Waals surface area contributed by atoms with Crippen LogP contribution in [0.4, 0.5) is 5.69 Å². The van der Waals surface area contributed by atoms with E-state index in [4.69, 9.17) is 21.7 Å². The Morgan fingerprint density at radius 3 is 2.54 bits per heavy atom. The number of hydrogen-bond acceptors (Lipinski definition) is 3. The maximum atomic E-state index is 6.06. The highest BCUT2D eigenvalue weighted by molar-refractivity contribution is 7.80. The first kappa shape index (κ1) is 18.3. The van der Waals surface area contributed by atoms with Gasteiger partial charge in [0, 0.05) is 11.3 Å². The molecule has 2 rings (SSSR count). The highest BCUT2D eigenvalue weighted by atomic mass is 32.1. The van der Waals surface area contributed by atoms with Gasteiger partial charge in [0.1, 0.15) is 12.4 Å². The van der Waals surface area contributed by atoms with Crippen LogP contribution in [0, 0.1) is 13.8 Å². The van der Waals surface area contributed by atoms with Crippen LogP contribution < -0.4 is 10.1 Å². The van der Waals surface area contributed by atoms with E-state index in [1.807, 2.05) is 25.1 Å². The molecule has 24 heavy (non-hydrogen) atoms. The van der Waals surface area contributed by atoms with E-state index in [2.05, 4.69) is 44.3 Å². The minimum Gasteiger partial charge on any atom is -0.489 e. The molecule has 4 heteroatoms. The Labute approximate surface area is 150 Å². The van der Waals surface area contributed by atoms with E-state index < -0.39 is 0 Å². The summed E-state index contributed by atoms with van der Waals surface area (Å²) in [5.74, 6) is 0.911. The molecule has 0 bridgehead atoms. The fourth-order valence-electron chi connectivity index (χ4n) is 2.53. The molecule has 0 spiro atoms. The second kappa shape index (κ2) is 8.69. The minimum absolute atomic E-state index is 0.382. The van der Waals surface area contributed by atoms with Gasteiger partial charge in [-0.2, -0.15) is 0 Å². The second-order valence-corrected chi connectivity index (χ2v) is 6.06. The zero-order chi connectivity index (χ0) is 17.5. The molecule has 0 atom stereocenters. The molecular formula is C20H25NO2S. The highest BCUT2D eigenvalue weighted by Crippen LogP contribution is 2.25. The van der Waals surface area contributed by atoms with Crippen molar-refractivity contribution < 1.29 is 9.47 Å². The number of ether oxygens (including phenoxy) is 2. The van der Waals surface area contributed by atoms with E-state index in [0.717, 1.165) is 34.5 Å². The van der Waals surface area contributed by atoms with Crippen molar-refractivity contribution in [2.45, 2.75) is 40.7 Å². The summed E-state index contributed by atoms with van der Waals surface area (Å²) in [7, 11) is 0. The van der Waals surface area contributed by atoms with Crippen LogP contribution in [0.25, 0.3) is 0 Å². The fourth-order valence-corrected chi connectivity index (χ4v) is 2.76. The fraction of sp³-hybridized carbons (Fsp3) is 0.350. The van der Waals surface area contributed by atoms with Crippen molar-refractivity contribution in [3.63, 3.8) is 0 Å². The van der Waals surface area contributed by atoms with Crippen LogP contribution in [0.1, 0.15) is 36.1 Å². The Balaban J connectivity index is 2.16. The first-order valence-corrected chi connectivity index (χ1v) is 8.70. The highest BCUT2D eigenvalue weighted by Gasteiger charge is 2.10. The molecule has 0 saturated carbocycles. The normalized spacial score (nSPS) is 10.3. The molecule has 0 aliphatic heterocycles. The molecule has 3 nitrogen and oxygen atoms in total. The van der Waals surface area contributed by atoms with Crippen molar-refractivity contribution in [2.75, 3.05) is 11.9 Å². The van der Waals surface area contributed by atoms with Gasteiger partial charge in [-0.3, -0.25) is 0 Å². The molecule has 0 fully saturated rings. The number of benzene rings is 2. The molecule has 2 aromatic carbocycles. The van der Waals surface area contributed by atoms with Crippen molar-refractivity contribution >= 4 is 23.1 Å². The average Bonchev–Trinajstić information content (AvgIpc) is 2.55. The quantitative estimate of drug-likeness (QED) is 0.732. The Hall–Kier alpha value is -2.07. The molecule has 0 amide bonds. The summed E-state index contributed by atoms with van der Waals surface area (Å²) in [6, 6.07) is 12.4. The Kier molecular flexibility index (Phi) is 6.62. The topological polar surface area (TPSA) is 30.5 Å². The lowest BCUT2D eigenvalue weighted by atomic mass is 10.1. The lowest BCUT2D eigenvalue weighted by Crippen LogP contribution is -2.15. The van der Waals surface area contributed by atoms with Crippen LogP contribution in [0.2, 0.25) is 0 Å². The van der Waals surface area contributed by atoms with Gasteiger partial charge >= 0.3 is 0 Å². The van der Waals surface area contributed by atoms with E-state index in [9.17, 15) is 0 Å². The maximum Gasteiger partial charge on any atom is 0.261 e. The van der Waals surface area contributed by atoms with Gasteiger partial charge in [-0.1, -0.05) is 31.2 Å². The molecule has 2 aromatic rings. The summed E-state index contributed by atoms with van der Waals surface area (Å²) in [5.41, 5.74) is 5.64. The molecule has 0 aliphatic rings. The van der Waals surface area contributed by atoms with E-state index >= 15 is 0 Å². The van der Waals surface area contributed by atoms with Crippen molar-refractivity contribution in [1.82, 2.24) is 0 Å². The average molecular weight is 343 g/mol. The number of thiocarbonyl (C=S) groups is 1. The Morgan fingerprint density at radius 1 is 1.08 bits per heavy atom. The number of hydrogen-bond donors (Lipinski definition) is 1. The number of aryl methyl sites for hydroxylation is 3. The molecule has 1 N–H and O–H groups in total. The predicted molar refractivity (Wildman–Crippen MR) is 104 cm³/mol. The van der Waals surface area contributed by atoms with Crippen LogP contribution in [0.15, 0.2) is 36.4 Å². The molecule has 0 unspecified atom stereocenters. The number of nitrogens with one attached hydrogen (secondary N) is 1. The molecule has 0 aliphatic carbocycles. The van der Waals surface area contributed by atoms with Crippen LogP contribution in [0.3, 0.4) is 0 Å². The van der Waals surface area contributed by atoms with Gasteiger partial charge < -0.3 is 14.8 Å². The van der Waals surface area contributed by atoms with E-state index in [1.165, 1.54) is 5.56 Å². The molecular weight excluding hydrogens is 318 g/mol. The first-order valence-electron chi connectivity index (χ1n) is 8.29. The summed E-state index contributed by atoms with van der Waals surface area (Å²) < 4.78 is 11.4. The third-order valence-electron chi connectivity index (χ3n) is 3.94. The summed E-state index contributed by atoms with van der Waals surface area (Å²) in [6.45, 7) is 9.25. The SMILES string of the molecule is CCOC(=S)Nc1cccc(C)c1COc1ccc(CC)cc1C. The molecule has 0 aromatic heterocycles. The van der Waals surface area contributed by atoms with E-state index in [1.54, 1.807) is 0 Å². The zero-order valence-electron chi connectivity index (χ0n) is 14.8. The van der Waals surface area contributed by atoms with Crippen LogP contribution in [-0.4, -0.2) is 11.8 Å². The minimum atomic E-state index is 0.382. The van der Waals surface area contributed by atoms with Crippen LogP contribution in [0.5, 0.6) is 5.75 Å². The monoisotopic (exact) mass is 343 g/mol. The van der Waals surface area contributed by atoms with Gasteiger partial charge in [0.2, 0.25) is 0 Å². The first-order chi connectivity index (χ1) is 11.5. The van der Waals surface area contributed by atoms with Gasteiger partial charge in [-0.05, 0) is 68.2 Å². The van der Waals surface area contributed by atoms with E-state index in [-0.39, 0.29) is 0 Å². The van der Waals surface area contributed by atoms with Gasteiger partial charge in [0.15, 0.2) is 0 Å². The number of rotatable bonds is 6. The van der Waals surface area contributed by atoms with Crippen molar-refractivity contribution in [3.05, 3.63) is 58.7 Å². The maximum absolute atomic E-state index is 6.06. The molecule has 0 radical (unpaired) electrons. The van der Waals surface area contributed by atoms with Gasteiger partial charge in [-0.25, -0.2) is 0 Å². The predicted octanol–water partition coefficient (Wildman–Crippen LogP) is 5.18. The zero-order valence-corrected chi connectivity index (χ0v) is 15.6. The van der Waals surface area contributed by atoms with Crippen molar-refractivity contribution in [1.29, 1.82) is 0 Å². The third-order valence-corrected chi connectivity index (χ3v) is 4.16. The lowest BCUT2D eigenvalue weighted by molar-refractivity contribution is 0.303. The summed E-state index contributed by atoms with van der Waals surface area (Å²) in [4.78, 5) is 0. The Morgan fingerprint density at radius 2 is 1.88 bits per heavy atom. The van der Waals surface area contributed by atoms with Crippen LogP contribution >= 0.6 is 12.2 Å².